The van der Waals surface area contributed by atoms with Crippen molar-refractivity contribution in [2.24, 2.45) is 5.92 Å². The highest BCUT2D eigenvalue weighted by molar-refractivity contribution is 5.86. The number of hydrogen-bond donors (Lipinski definition) is 2. The third-order valence-electron chi connectivity index (χ3n) is 2.69. The fraction of sp³-hybridized carbons (Fsp3) is 0.364. The number of carboxylic acid groups (broad SMARTS) is 1. The van der Waals surface area contributed by atoms with Crippen molar-refractivity contribution in [2.45, 2.75) is 20.4 Å². The van der Waals surface area contributed by atoms with Crippen LogP contribution in [0.4, 0.5) is 5.95 Å². The maximum absolute atomic E-state index is 12.2. The van der Waals surface area contributed by atoms with Gasteiger partial charge in [-0.3, -0.25) is 14.4 Å². The van der Waals surface area contributed by atoms with Gasteiger partial charge < -0.3 is 15.4 Å². The highest BCUT2D eigenvalue weighted by Gasteiger charge is 2.20. The van der Waals surface area contributed by atoms with Crippen LogP contribution >= 0.6 is 0 Å². The summed E-state index contributed by atoms with van der Waals surface area (Å²) in [5.74, 6) is -2.31. The molecule has 0 saturated heterocycles. The van der Waals surface area contributed by atoms with Crippen LogP contribution in [0.1, 0.15) is 18.6 Å². The van der Waals surface area contributed by atoms with Gasteiger partial charge in [0, 0.05) is 5.92 Å². The van der Waals surface area contributed by atoms with Crippen molar-refractivity contribution in [2.75, 3.05) is 5.73 Å². The van der Waals surface area contributed by atoms with Crippen LogP contribution in [-0.4, -0.2) is 36.1 Å². The predicted molar refractivity (Wildman–Crippen MR) is 69.3 cm³/mol. The van der Waals surface area contributed by atoms with Crippen LogP contribution in [0.15, 0.2) is 11.1 Å². The van der Waals surface area contributed by atoms with Gasteiger partial charge in [-0.1, -0.05) is 13.8 Å². The van der Waals surface area contributed by atoms with Crippen molar-refractivity contribution in [3.63, 3.8) is 0 Å². The molecule has 20 heavy (non-hydrogen) atoms. The van der Waals surface area contributed by atoms with E-state index in [1.165, 1.54) is 10.9 Å². The normalized spacial score (nSPS) is 11.2. The molecule has 0 aliphatic rings. The number of fused-ring (bicyclic) bond motifs is 1. The number of imidazole rings is 1. The summed E-state index contributed by atoms with van der Waals surface area (Å²) in [7, 11) is 0. The second-order valence-corrected chi connectivity index (χ2v) is 4.54. The molecule has 0 saturated carbocycles. The number of hydrogen-bond acceptors (Lipinski definition) is 6. The lowest BCUT2D eigenvalue weighted by atomic mass is 10.2. The number of rotatable bonds is 3. The number of anilines is 1. The second-order valence-electron chi connectivity index (χ2n) is 4.54. The Morgan fingerprint density at radius 2 is 2.10 bits per heavy atom. The predicted octanol–water partition coefficient (Wildman–Crippen LogP) is -0.444. The van der Waals surface area contributed by atoms with Crippen LogP contribution in [-0.2, 0) is 11.3 Å². The van der Waals surface area contributed by atoms with Crippen LogP contribution in [0.3, 0.4) is 0 Å². The summed E-state index contributed by atoms with van der Waals surface area (Å²) in [5, 5.41) is 8.75. The molecule has 0 aliphatic heterocycles. The maximum atomic E-state index is 12.2. The zero-order valence-corrected chi connectivity index (χ0v) is 10.9. The molecule has 2 aromatic heterocycles. The average Bonchev–Trinajstić information content (AvgIpc) is 2.71. The zero-order valence-electron chi connectivity index (χ0n) is 10.9. The average molecular weight is 279 g/mol. The first-order valence-electron chi connectivity index (χ1n) is 5.82. The van der Waals surface area contributed by atoms with Crippen LogP contribution in [0, 0.1) is 5.92 Å². The van der Waals surface area contributed by atoms with Crippen LogP contribution in [0.2, 0.25) is 0 Å². The van der Waals surface area contributed by atoms with Gasteiger partial charge in [-0.2, -0.15) is 4.98 Å². The summed E-state index contributed by atoms with van der Waals surface area (Å²) in [6.45, 7) is 2.85. The summed E-state index contributed by atoms with van der Waals surface area (Å²) in [4.78, 5) is 42.5. The third kappa shape index (κ3) is 2.13. The van der Waals surface area contributed by atoms with Gasteiger partial charge in [-0.05, 0) is 0 Å². The summed E-state index contributed by atoms with van der Waals surface area (Å²) in [6, 6.07) is 0. The van der Waals surface area contributed by atoms with Gasteiger partial charge in [0.05, 0.1) is 6.33 Å². The molecular formula is C11H13N5O4. The van der Waals surface area contributed by atoms with Crippen molar-refractivity contribution in [1.29, 1.82) is 0 Å². The summed E-state index contributed by atoms with van der Waals surface area (Å²) >= 11 is 0. The molecule has 0 radical (unpaired) electrons. The van der Waals surface area contributed by atoms with E-state index in [9.17, 15) is 14.4 Å². The van der Waals surface area contributed by atoms with Crippen molar-refractivity contribution >= 4 is 29.0 Å². The number of carbonyl (C=O) groups excluding carboxylic acids is 1. The fourth-order valence-corrected chi connectivity index (χ4v) is 1.74. The molecule has 0 unspecified atom stereocenters. The lowest BCUT2D eigenvalue weighted by Gasteiger charge is -2.09. The summed E-state index contributed by atoms with van der Waals surface area (Å²) in [5.41, 5.74) is 4.88. The Hall–Kier alpha value is -2.71. The summed E-state index contributed by atoms with van der Waals surface area (Å²) in [6.07, 6.45) is 1.18. The second kappa shape index (κ2) is 4.76. The molecule has 0 amide bonds. The van der Waals surface area contributed by atoms with Gasteiger partial charge in [-0.25, -0.2) is 9.55 Å². The fourth-order valence-electron chi connectivity index (χ4n) is 1.74. The van der Waals surface area contributed by atoms with Gasteiger partial charge in [0.25, 0.3) is 5.56 Å². The number of nitrogens with two attached hydrogens (primary N) is 1. The van der Waals surface area contributed by atoms with E-state index < -0.39 is 29.9 Å². The molecule has 3 N–H and O–H groups in total. The highest BCUT2D eigenvalue weighted by Crippen LogP contribution is 2.10. The van der Waals surface area contributed by atoms with Crippen molar-refractivity contribution in [3.05, 3.63) is 16.7 Å². The van der Waals surface area contributed by atoms with Crippen LogP contribution in [0.25, 0.3) is 11.2 Å². The first-order valence-corrected chi connectivity index (χ1v) is 5.82. The minimum absolute atomic E-state index is 0.0442. The number of nitrogens with zero attached hydrogens (tertiary/aromatic N) is 4. The molecule has 9 nitrogen and oxygen atoms in total. The first kappa shape index (κ1) is 13.7. The molecule has 0 spiro atoms. The van der Waals surface area contributed by atoms with Crippen molar-refractivity contribution in [1.82, 2.24) is 19.1 Å². The minimum atomic E-state index is -1.10. The van der Waals surface area contributed by atoms with E-state index in [4.69, 9.17) is 10.8 Å². The minimum Gasteiger partial charge on any atom is -0.480 e. The highest BCUT2D eigenvalue weighted by atomic mass is 16.4. The smallest absolute Gasteiger partial charge is 0.323 e. The first-order chi connectivity index (χ1) is 9.32. The van der Waals surface area contributed by atoms with Crippen molar-refractivity contribution in [3.8, 4) is 0 Å². The molecule has 9 heteroatoms. The van der Waals surface area contributed by atoms with E-state index in [2.05, 4.69) is 9.97 Å². The number of nitrogen functional groups attached to an aromatic ring is 1. The molecule has 2 rings (SSSR count). The number of carboxylic acids is 1. The van der Waals surface area contributed by atoms with Crippen LogP contribution < -0.4 is 11.3 Å². The molecule has 0 atom stereocenters. The van der Waals surface area contributed by atoms with E-state index in [1.54, 1.807) is 13.8 Å². The van der Waals surface area contributed by atoms with E-state index in [0.29, 0.717) is 0 Å². The molecular weight excluding hydrogens is 266 g/mol. The molecule has 0 bridgehead atoms. The Morgan fingerprint density at radius 3 is 2.65 bits per heavy atom. The Morgan fingerprint density at radius 1 is 1.45 bits per heavy atom. The van der Waals surface area contributed by atoms with E-state index in [0.717, 1.165) is 4.57 Å². The maximum Gasteiger partial charge on any atom is 0.323 e. The standard InChI is InChI=1S/C11H13N5O4/c1-5(2)9(19)16-10(20)7-8(14-11(16)12)15(4-13-7)3-6(17)18/h4-5H,3H2,1-2H3,(H2,12,14)(H,17,18). The molecule has 2 heterocycles. The Balaban J connectivity index is 2.70. The van der Waals surface area contributed by atoms with Gasteiger partial charge in [-0.15, -0.1) is 0 Å². The molecule has 0 fully saturated rings. The van der Waals surface area contributed by atoms with Gasteiger partial charge >= 0.3 is 5.97 Å². The SMILES string of the molecule is CC(C)C(=O)n1c(N)nc2c(ncn2CC(=O)O)c1=O. The number of aliphatic carboxylic acids is 1. The molecule has 0 aromatic carbocycles. The van der Waals surface area contributed by atoms with Crippen molar-refractivity contribution < 1.29 is 14.7 Å². The Bertz CT molecular complexity index is 758. The number of carbonyl (C=O) groups is 2. The quantitative estimate of drug-likeness (QED) is 0.777. The largest absolute Gasteiger partial charge is 0.480 e. The molecule has 2 aromatic rings. The summed E-state index contributed by atoms with van der Waals surface area (Å²) < 4.78 is 1.94. The zero-order chi connectivity index (χ0) is 15.0. The monoisotopic (exact) mass is 279 g/mol. The van der Waals surface area contributed by atoms with Gasteiger partial charge in [0.1, 0.15) is 6.54 Å². The van der Waals surface area contributed by atoms with Gasteiger partial charge in [0.15, 0.2) is 11.2 Å². The van der Waals surface area contributed by atoms with E-state index in [1.807, 2.05) is 0 Å². The lowest BCUT2D eigenvalue weighted by molar-refractivity contribution is -0.137. The third-order valence-corrected chi connectivity index (χ3v) is 2.69. The molecule has 0 aliphatic carbocycles. The van der Waals surface area contributed by atoms with Gasteiger partial charge in [0.2, 0.25) is 11.9 Å². The Kier molecular flexibility index (Phi) is 3.26. The Labute approximate surface area is 112 Å². The molecule has 106 valence electrons. The van der Waals surface area contributed by atoms with Crippen LogP contribution in [0.5, 0.6) is 0 Å². The number of aromatic nitrogens is 4. The lowest BCUT2D eigenvalue weighted by Crippen LogP contribution is -2.33. The van der Waals surface area contributed by atoms with E-state index >= 15 is 0 Å². The topological polar surface area (TPSA) is 133 Å². The van der Waals surface area contributed by atoms with E-state index in [-0.39, 0.29) is 17.1 Å².